The molecule has 0 aliphatic carbocycles. The second-order valence-electron chi connectivity index (χ2n) is 7.43. The van der Waals surface area contributed by atoms with Gasteiger partial charge in [-0.3, -0.25) is 5.10 Å². The van der Waals surface area contributed by atoms with E-state index in [2.05, 4.69) is 39.8 Å². The normalized spacial score (nSPS) is 15.6. The van der Waals surface area contributed by atoms with Crippen molar-refractivity contribution in [3.8, 4) is 0 Å². The third kappa shape index (κ3) is 3.14. The van der Waals surface area contributed by atoms with Gasteiger partial charge in [0, 0.05) is 17.2 Å². The predicted molar refractivity (Wildman–Crippen MR) is 117 cm³/mol. The number of esters is 1. The number of benzene rings is 3. The average Bonchev–Trinajstić information content (AvgIpc) is 3.25. The van der Waals surface area contributed by atoms with Crippen LogP contribution in [0.15, 0.2) is 90.3 Å². The van der Waals surface area contributed by atoms with E-state index in [0.29, 0.717) is 5.57 Å². The summed E-state index contributed by atoms with van der Waals surface area (Å²) in [5, 5.41) is 12.7. The number of hydrogen-bond donors (Lipinski definition) is 2. The van der Waals surface area contributed by atoms with E-state index in [1.54, 1.807) is 6.20 Å². The first-order valence-electron chi connectivity index (χ1n) is 9.92. The Bertz CT molecular complexity index is 1250. The molecule has 1 aliphatic heterocycles. The van der Waals surface area contributed by atoms with Crippen LogP contribution >= 0.6 is 0 Å². The summed E-state index contributed by atoms with van der Waals surface area (Å²) in [6.45, 7) is 2.14. The Balaban J connectivity index is 1.58. The summed E-state index contributed by atoms with van der Waals surface area (Å²) in [5.74, 6) is 0.216. The summed E-state index contributed by atoms with van der Waals surface area (Å²) in [6, 6.07) is 24.1. The SMILES string of the molecule is CC1=C(C(=O)OCc2ccccc2)C(c2cccc3ccccc23)c2cn[nH]c2N1. The minimum Gasteiger partial charge on any atom is -0.457 e. The molecule has 2 N–H and O–H groups in total. The molecule has 1 aliphatic rings. The Kier molecular flexibility index (Phi) is 4.56. The molecule has 1 unspecified atom stereocenters. The van der Waals surface area contributed by atoms with Crippen LogP contribution in [0.4, 0.5) is 5.82 Å². The monoisotopic (exact) mass is 395 g/mol. The van der Waals surface area contributed by atoms with E-state index in [4.69, 9.17) is 4.74 Å². The third-order valence-corrected chi connectivity index (χ3v) is 5.55. The molecular formula is C25H21N3O2. The van der Waals surface area contributed by atoms with Crippen molar-refractivity contribution in [2.24, 2.45) is 0 Å². The van der Waals surface area contributed by atoms with Crippen LogP contribution in [0.5, 0.6) is 0 Å². The van der Waals surface area contributed by atoms with Crippen LogP contribution < -0.4 is 5.32 Å². The number of allylic oxidation sites excluding steroid dienone is 1. The lowest BCUT2D eigenvalue weighted by Gasteiger charge is -2.28. The standard InChI is InChI=1S/C25H21N3O2/c1-16-22(25(29)30-15-17-8-3-2-4-9-17)23(21-14-26-28-24(21)27-16)20-13-7-11-18-10-5-6-12-19(18)20/h2-14,23H,15H2,1H3,(H2,26,27,28). The fourth-order valence-corrected chi connectivity index (χ4v) is 4.14. The van der Waals surface area contributed by atoms with E-state index in [0.717, 1.165) is 39.0 Å². The molecule has 0 saturated heterocycles. The molecule has 1 aromatic heterocycles. The number of anilines is 1. The third-order valence-electron chi connectivity index (χ3n) is 5.55. The summed E-state index contributed by atoms with van der Waals surface area (Å²) in [7, 11) is 0. The van der Waals surface area contributed by atoms with E-state index in [1.807, 2.05) is 55.5 Å². The Hall–Kier alpha value is -3.86. The quantitative estimate of drug-likeness (QED) is 0.470. The van der Waals surface area contributed by atoms with Gasteiger partial charge in [-0.15, -0.1) is 0 Å². The maximum Gasteiger partial charge on any atom is 0.337 e. The first-order chi connectivity index (χ1) is 14.7. The number of aromatic nitrogens is 2. The van der Waals surface area contributed by atoms with E-state index in [-0.39, 0.29) is 18.5 Å². The van der Waals surface area contributed by atoms with Crippen molar-refractivity contribution in [2.45, 2.75) is 19.4 Å². The number of rotatable bonds is 4. The number of H-pyrrole nitrogens is 1. The fraction of sp³-hybridized carbons (Fsp3) is 0.120. The van der Waals surface area contributed by atoms with Gasteiger partial charge in [0.1, 0.15) is 12.4 Å². The molecule has 30 heavy (non-hydrogen) atoms. The van der Waals surface area contributed by atoms with Gasteiger partial charge in [-0.25, -0.2) is 4.79 Å². The first-order valence-corrected chi connectivity index (χ1v) is 9.92. The van der Waals surface area contributed by atoms with E-state index >= 15 is 0 Å². The summed E-state index contributed by atoms with van der Waals surface area (Å²) in [5.41, 5.74) is 4.32. The summed E-state index contributed by atoms with van der Waals surface area (Å²) >= 11 is 0. The van der Waals surface area contributed by atoms with Crippen LogP contribution in [0.2, 0.25) is 0 Å². The molecule has 1 atom stereocenters. The van der Waals surface area contributed by atoms with Crippen LogP contribution in [0, 0.1) is 0 Å². The van der Waals surface area contributed by atoms with Crippen LogP contribution in [-0.2, 0) is 16.1 Å². The maximum atomic E-state index is 13.3. The molecule has 5 nitrogen and oxygen atoms in total. The first kappa shape index (κ1) is 18.2. The van der Waals surface area contributed by atoms with Crippen molar-refractivity contribution >= 4 is 22.6 Å². The van der Waals surface area contributed by atoms with Gasteiger partial charge in [0.15, 0.2) is 0 Å². The number of nitrogens with one attached hydrogen (secondary N) is 2. The number of aromatic amines is 1. The minimum atomic E-state index is -0.325. The van der Waals surface area contributed by atoms with Crippen LogP contribution in [0.25, 0.3) is 10.8 Å². The fourth-order valence-electron chi connectivity index (χ4n) is 4.14. The van der Waals surface area contributed by atoms with E-state index in [1.165, 1.54) is 0 Å². The zero-order chi connectivity index (χ0) is 20.5. The lowest BCUT2D eigenvalue weighted by Crippen LogP contribution is -2.24. The Morgan fingerprint density at radius 1 is 0.967 bits per heavy atom. The molecule has 4 aromatic rings. The molecule has 0 amide bonds. The highest BCUT2D eigenvalue weighted by Gasteiger charge is 2.35. The van der Waals surface area contributed by atoms with Gasteiger partial charge in [-0.1, -0.05) is 72.8 Å². The number of carbonyl (C=O) groups excluding carboxylic acids is 1. The summed E-state index contributed by atoms with van der Waals surface area (Å²) in [4.78, 5) is 13.3. The molecule has 0 saturated carbocycles. The molecule has 0 radical (unpaired) electrons. The van der Waals surface area contributed by atoms with Crippen molar-refractivity contribution in [1.29, 1.82) is 0 Å². The van der Waals surface area contributed by atoms with Crippen LogP contribution in [0.3, 0.4) is 0 Å². The average molecular weight is 395 g/mol. The smallest absolute Gasteiger partial charge is 0.337 e. The van der Waals surface area contributed by atoms with Gasteiger partial charge >= 0.3 is 5.97 Å². The highest BCUT2D eigenvalue weighted by Crippen LogP contribution is 2.43. The predicted octanol–water partition coefficient (Wildman–Crippen LogP) is 5.14. The van der Waals surface area contributed by atoms with Gasteiger partial charge in [0.2, 0.25) is 0 Å². The zero-order valence-electron chi connectivity index (χ0n) is 16.6. The Morgan fingerprint density at radius 3 is 2.60 bits per heavy atom. The lowest BCUT2D eigenvalue weighted by atomic mass is 9.81. The molecule has 5 heteroatoms. The minimum absolute atomic E-state index is 0.233. The molecule has 0 spiro atoms. The molecule has 2 heterocycles. The van der Waals surface area contributed by atoms with Crippen molar-refractivity contribution < 1.29 is 9.53 Å². The summed E-state index contributed by atoms with van der Waals surface area (Å²) < 4.78 is 5.73. The second kappa shape index (κ2) is 7.52. The zero-order valence-corrected chi connectivity index (χ0v) is 16.6. The topological polar surface area (TPSA) is 67.0 Å². The molecule has 0 bridgehead atoms. The molecule has 3 aromatic carbocycles. The largest absolute Gasteiger partial charge is 0.457 e. The highest BCUT2D eigenvalue weighted by molar-refractivity contribution is 5.97. The molecule has 148 valence electrons. The Morgan fingerprint density at radius 2 is 1.73 bits per heavy atom. The van der Waals surface area contributed by atoms with Gasteiger partial charge < -0.3 is 10.1 Å². The van der Waals surface area contributed by atoms with Crippen molar-refractivity contribution in [3.63, 3.8) is 0 Å². The number of ether oxygens (including phenoxy) is 1. The van der Waals surface area contributed by atoms with Crippen molar-refractivity contribution in [1.82, 2.24) is 10.2 Å². The van der Waals surface area contributed by atoms with E-state index in [9.17, 15) is 4.79 Å². The summed E-state index contributed by atoms with van der Waals surface area (Å²) in [6.07, 6.45) is 1.78. The highest BCUT2D eigenvalue weighted by atomic mass is 16.5. The Labute approximate surface area is 174 Å². The number of nitrogens with zero attached hydrogens (tertiary/aromatic N) is 1. The van der Waals surface area contributed by atoms with Crippen molar-refractivity contribution in [3.05, 3.63) is 107 Å². The lowest BCUT2D eigenvalue weighted by molar-refractivity contribution is -0.140. The van der Waals surface area contributed by atoms with Crippen molar-refractivity contribution in [2.75, 3.05) is 5.32 Å². The van der Waals surface area contributed by atoms with E-state index < -0.39 is 0 Å². The van der Waals surface area contributed by atoms with Gasteiger partial charge in [0.05, 0.1) is 11.8 Å². The maximum absolute atomic E-state index is 13.3. The second-order valence-corrected chi connectivity index (χ2v) is 7.43. The molecule has 5 rings (SSSR count). The number of fused-ring (bicyclic) bond motifs is 2. The van der Waals surface area contributed by atoms with Crippen LogP contribution in [-0.4, -0.2) is 16.2 Å². The van der Waals surface area contributed by atoms with Gasteiger partial charge in [-0.05, 0) is 28.8 Å². The van der Waals surface area contributed by atoms with Gasteiger partial charge in [0.25, 0.3) is 0 Å². The number of carbonyl (C=O) groups is 1. The molecular weight excluding hydrogens is 374 g/mol. The van der Waals surface area contributed by atoms with Crippen LogP contribution in [0.1, 0.15) is 29.5 Å². The number of hydrogen-bond acceptors (Lipinski definition) is 4. The van der Waals surface area contributed by atoms with Gasteiger partial charge in [-0.2, -0.15) is 5.10 Å². The molecule has 0 fully saturated rings.